The number of carbonyl (C=O) groups is 4. The van der Waals surface area contributed by atoms with Crippen LogP contribution in [0.4, 0.5) is 0 Å². The Morgan fingerprint density at radius 3 is 1.25 bits per heavy atom. The second-order valence-electron chi connectivity index (χ2n) is 4.63. The monoisotopic (exact) mass is 286 g/mol. The fraction of sp³-hybridized carbons (Fsp3) is 0.600. The highest BCUT2D eigenvalue weighted by Gasteiger charge is 2.39. The third kappa shape index (κ3) is 3.90. The van der Waals surface area contributed by atoms with Crippen LogP contribution in [0.5, 0.6) is 0 Å². The Labute approximate surface area is 115 Å². The van der Waals surface area contributed by atoms with Crippen LogP contribution in [0, 0.1) is 0 Å². The molecule has 1 aliphatic rings. The second kappa shape index (κ2) is 6.30. The maximum Gasteiger partial charge on any atom is 0.236 e. The van der Waals surface area contributed by atoms with Gasteiger partial charge in [-0.05, 0) is 0 Å². The number of amides is 4. The molecule has 0 saturated carbocycles. The average Bonchev–Trinajstić information content (AvgIpc) is 2.28. The zero-order chi connectivity index (χ0) is 15.4. The average molecular weight is 286 g/mol. The van der Waals surface area contributed by atoms with Crippen LogP contribution in [0.1, 0.15) is 0 Å². The van der Waals surface area contributed by atoms with Crippen molar-refractivity contribution in [1.82, 2.24) is 9.80 Å². The molecule has 0 radical (unpaired) electrons. The van der Waals surface area contributed by atoms with E-state index in [1.165, 1.54) is 9.80 Å². The molecule has 0 bridgehead atoms. The lowest BCUT2D eigenvalue weighted by molar-refractivity contribution is -0.138. The van der Waals surface area contributed by atoms with E-state index in [1.807, 2.05) is 0 Å². The largest absolute Gasteiger partial charge is 0.369 e. The van der Waals surface area contributed by atoms with E-state index in [-0.39, 0.29) is 26.2 Å². The highest BCUT2D eigenvalue weighted by molar-refractivity contribution is 5.85. The van der Waals surface area contributed by atoms with Gasteiger partial charge in [-0.25, -0.2) is 0 Å². The van der Waals surface area contributed by atoms with Crippen LogP contribution in [-0.4, -0.2) is 71.7 Å². The number of primary amides is 4. The first kappa shape index (κ1) is 15.9. The van der Waals surface area contributed by atoms with E-state index >= 15 is 0 Å². The molecular weight excluding hydrogens is 268 g/mol. The van der Waals surface area contributed by atoms with Gasteiger partial charge < -0.3 is 22.9 Å². The van der Waals surface area contributed by atoms with E-state index in [9.17, 15) is 19.2 Å². The number of hydrogen-bond acceptors (Lipinski definition) is 6. The summed E-state index contributed by atoms with van der Waals surface area (Å²) in [5.41, 5.74) is 20.7. The van der Waals surface area contributed by atoms with Crippen LogP contribution in [-0.2, 0) is 19.2 Å². The van der Waals surface area contributed by atoms with Crippen LogP contribution >= 0.6 is 0 Å². The Morgan fingerprint density at radius 1 is 0.750 bits per heavy atom. The number of rotatable bonds is 6. The molecule has 10 heteroatoms. The molecular formula is C10H18N6O4. The van der Waals surface area contributed by atoms with Crippen LogP contribution in [0.3, 0.4) is 0 Å². The molecule has 1 aliphatic heterocycles. The van der Waals surface area contributed by atoms with Crippen molar-refractivity contribution in [2.45, 2.75) is 12.1 Å². The Balaban J connectivity index is 2.96. The Hall–Kier alpha value is -2.20. The Bertz CT molecular complexity index is 399. The van der Waals surface area contributed by atoms with Crippen molar-refractivity contribution >= 4 is 23.6 Å². The van der Waals surface area contributed by atoms with Gasteiger partial charge in [0.05, 0.1) is 13.1 Å². The summed E-state index contributed by atoms with van der Waals surface area (Å²) in [6.45, 7) is -0.526. The molecule has 0 aromatic heterocycles. The summed E-state index contributed by atoms with van der Waals surface area (Å²) < 4.78 is 0. The lowest BCUT2D eigenvalue weighted by Crippen LogP contribution is -2.66. The minimum absolute atomic E-state index is 0.0286. The molecule has 8 N–H and O–H groups in total. The van der Waals surface area contributed by atoms with Gasteiger partial charge >= 0.3 is 0 Å². The van der Waals surface area contributed by atoms with Crippen molar-refractivity contribution in [1.29, 1.82) is 0 Å². The molecule has 1 rings (SSSR count). The molecule has 1 saturated heterocycles. The third-order valence-corrected chi connectivity index (χ3v) is 3.07. The van der Waals surface area contributed by atoms with Gasteiger partial charge in [0.15, 0.2) is 0 Å². The van der Waals surface area contributed by atoms with E-state index in [4.69, 9.17) is 22.9 Å². The molecule has 0 aromatic rings. The summed E-state index contributed by atoms with van der Waals surface area (Å²) in [5.74, 6) is -2.71. The maximum atomic E-state index is 11.4. The molecule has 112 valence electrons. The fourth-order valence-corrected chi connectivity index (χ4v) is 2.22. The third-order valence-electron chi connectivity index (χ3n) is 3.07. The van der Waals surface area contributed by atoms with Crippen LogP contribution in [0.2, 0.25) is 0 Å². The topological polar surface area (TPSA) is 179 Å². The van der Waals surface area contributed by atoms with Gasteiger partial charge in [0.1, 0.15) is 12.1 Å². The van der Waals surface area contributed by atoms with Crippen molar-refractivity contribution in [3.05, 3.63) is 0 Å². The quantitative estimate of drug-likeness (QED) is 0.380. The Morgan fingerprint density at radius 2 is 1.05 bits per heavy atom. The van der Waals surface area contributed by atoms with Crippen molar-refractivity contribution in [2.75, 3.05) is 26.2 Å². The predicted octanol–water partition coefficient (Wildman–Crippen LogP) is -4.72. The zero-order valence-electron chi connectivity index (χ0n) is 10.8. The predicted molar refractivity (Wildman–Crippen MR) is 67.5 cm³/mol. The van der Waals surface area contributed by atoms with Crippen LogP contribution in [0.15, 0.2) is 0 Å². The first-order chi connectivity index (χ1) is 9.22. The Kier molecular flexibility index (Phi) is 5.00. The summed E-state index contributed by atoms with van der Waals surface area (Å²) >= 11 is 0. The molecule has 10 nitrogen and oxygen atoms in total. The zero-order valence-corrected chi connectivity index (χ0v) is 10.8. The van der Waals surface area contributed by atoms with Crippen LogP contribution in [0.25, 0.3) is 0 Å². The molecule has 0 aromatic carbocycles. The first-order valence-corrected chi connectivity index (χ1v) is 5.85. The van der Waals surface area contributed by atoms with Gasteiger partial charge in [-0.3, -0.25) is 29.0 Å². The van der Waals surface area contributed by atoms with Crippen molar-refractivity contribution in [3.8, 4) is 0 Å². The summed E-state index contributed by atoms with van der Waals surface area (Å²) in [6.07, 6.45) is 0. The first-order valence-electron chi connectivity index (χ1n) is 5.85. The fourth-order valence-electron chi connectivity index (χ4n) is 2.22. The van der Waals surface area contributed by atoms with E-state index in [2.05, 4.69) is 0 Å². The molecule has 20 heavy (non-hydrogen) atoms. The normalized spacial score (nSPS) is 24.2. The number of nitrogens with two attached hydrogens (primary N) is 4. The number of carbonyl (C=O) groups excluding carboxylic acids is 4. The summed E-state index contributed by atoms with van der Waals surface area (Å²) in [5, 5.41) is 0. The second-order valence-corrected chi connectivity index (χ2v) is 4.63. The van der Waals surface area contributed by atoms with E-state index in [1.54, 1.807) is 0 Å². The summed E-state index contributed by atoms with van der Waals surface area (Å²) in [6, 6.07) is -1.70. The number of nitrogens with zero attached hydrogens (tertiary/aromatic N) is 2. The van der Waals surface area contributed by atoms with E-state index < -0.39 is 35.7 Å². The smallest absolute Gasteiger partial charge is 0.236 e. The summed E-state index contributed by atoms with van der Waals surface area (Å²) in [4.78, 5) is 47.6. The van der Waals surface area contributed by atoms with Gasteiger partial charge in [0.2, 0.25) is 23.6 Å². The molecule has 2 atom stereocenters. The van der Waals surface area contributed by atoms with Gasteiger partial charge in [-0.2, -0.15) is 0 Å². The minimum atomic E-state index is -0.850. The standard InChI is InChI=1S/C10H18N6O4/c11-7(17)3-15-1-5(9(13)19)16(4-8(12)18)2-6(15)10(14)20/h5-6H,1-4H2,(H2,11,17)(H2,12,18)(H2,13,19)(H2,14,20)/t5-,6+. The highest BCUT2D eigenvalue weighted by atomic mass is 16.2. The van der Waals surface area contributed by atoms with E-state index in [0.29, 0.717) is 0 Å². The summed E-state index contributed by atoms with van der Waals surface area (Å²) in [7, 11) is 0. The van der Waals surface area contributed by atoms with Gasteiger partial charge in [-0.1, -0.05) is 0 Å². The number of piperazine rings is 1. The molecule has 1 fully saturated rings. The molecule has 0 unspecified atom stereocenters. The van der Waals surface area contributed by atoms with Crippen molar-refractivity contribution < 1.29 is 19.2 Å². The van der Waals surface area contributed by atoms with Gasteiger partial charge in [-0.15, -0.1) is 0 Å². The maximum absolute atomic E-state index is 11.4. The lowest BCUT2D eigenvalue weighted by atomic mass is 10.0. The molecule has 0 spiro atoms. The highest BCUT2D eigenvalue weighted by Crippen LogP contribution is 2.15. The van der Waals surface area contributed by atoms with E-state index in [0.717, 1.165) is 0 Å². The van der Waals surface area contributed by atoms with Crippen LogP contribution < -0.4 is 22.9 Å². The minimum Gasteiger partial charge on any atom is -0.369 e. The number of hydrogen-bond donors (Lipinski definition) is 4. The lowest BCUT2D eigenvalue weighted by Gasteiger charge is -2.42. The van der Waals surface area contributed by atoms with Crippen molar-refractivity contribution in [3.63, 3.8) is 0 Å². The SMILES string of the molecule is NC(=O)CN1C[C@@H](C(N)=O)N(CC(N)=O)C[C@@H]1C(N)=O. The molecule has 0 aliphatic carbocycles. The van der Waals surface area contributed by atoms with Gasteiger partial charge in [0.25, 0.3) is 0 Å². The molecule has 4 amide bonds. The molecule has 1 heterocycles. The van der Waals surface area contributed by atoms with Gasteiger partial charge in [0, 0.05) is 13.1 Å². The van der Waals surface area contributed by atoms with Crippen molar-refractivity contribution in [2.24, 2.45) is 22.9 Å².